The molecule has 176 valence electrons. The summed E-state index contributed by atoms with van der Waals surface area (Å²) in [5, 5.41) is 7.09. The number of aromatic nitrogens is 2. The molecule has 0 aliphatic carbocycles. The zero-order valence-electron chi connectivity index (χ0n) is 19.8. The summed E-state index contributed by atoms with van der Waals surface area (Å²) >= 11 is 0. The van der Waals surface area contributed by atoms with E-state index in [1.807, 2.05) is 57.2 Å². The molecule has 3 aromatic rings. The number of aryl methyl sites for hydroxylation is 2. The molecular weight excluding hydrogens is 430 g/mol. The van der Waals surface area contributed by atoms with Crippen molar-refractivity contribution in [1.29, 1.82) is 0 Å². The first-order valence-electron chi connectivity index (χ1n) is 11.8. The highest BCUT2D eigenvalue weighted by Gasteiger charge is 2.34. The Bertz CT molecular complexity index is 1320. The van der Waals surface area contributed by atoms with Crippen LogP contribution in [-0.4, -0.2) is 52.9 Å². The number of H-pyrrole nitrogens is 1. The summed E-state index contributed by atoms with van der Waals surface area (Å²) in [6, 6.07) is 11.9. The van der Waals surface area contributed by atoms with Crippen molar-refractivity contribution in [3.8, 4) is 0 Å². The van der Waals surface area contributed by atoms with Gasteiger partial charge < -0.3 is 14.6 Å². The number of carbonyl (C=O) groups excluding carboxylic acids is 1. The highest BCUT2D eigenvalue weighted by atomic mass is 16.5. The second kappa shape index (κ2) is 9.02. The van der Waals surface area contributed by atoms with Gasteiger partial charge in [-0.05, 0) is 37.1 Å². The van der Waals surface area contributed by atoms with Gasteiger partial charge in [0.15, 0.2) is 0 Å². The Labute approximate surface area is 198 Å². The van der Waals surface area contributed by atoms with Crippen LogP contribution in [0.3, 0.4) is 0 Å². The maximum absolute atomic E-state index is 13.2. The first-order chi connectivity index (χ1) is 16.5. The normalized spacial score (nSPS) is 18.4. The number of fused-ring (bicyclic) bond motifs is 1. The van der Waals surface area contributed by atoms with E-state index < -0.39 is 0 Å². The maximum Gasteiger partial charge on any atom is 0.259 e. The minimum Gasteiger partial charge on any atom is -0.378 e. The second-order valence-corrected chi connectivity index (χ2v) is 8.89. The van der Waals surface area contributed by atoms with Gasteiger partial charge in [0.1, 0.15) is 11.5 Å². The average Bonchev–Trinajstić information content (AvgIpc) is 3.29. The minimum absolute atomic E-state index is 0.0627. The van der Waals surface area contributed by atoms with E-state index in [2.05, 4.69) is 15.0 Å². The third-order valence-electron chi connectivity index (χ3n) is 6.67. The number of hydrazone groups is 1. The number of anilines is 1. The SMILES string of the molecule is CCC(=O)N1N=C(c2c(C)c3ccc(N4CCOCC4)nc3[nH]c2=O)CC1c1ccc(C)cc1. The van der Waals surface area contributed by atoms with E-state index in [4.69, 9.17) is 9.72 Å². The molecular formula is C26H29N5O3. The molecule has 1 N–H and O–H groups in total. The summed E-state index contributed by atoms with van der Waals surface area (Å²) in [5.41, 5.74) is 4.48. The van der Waals surface area contributed by atoms with Crippen molar-refractivity contribution < 1.29 is 9.53 Å². The number of morpholine rings is 1. The predicted molar refractivity (Wildman–Crippen MR) is 132 cm³/mol. The number of carbonyl (C=O) groups is 1. The fourth-order valence-electron chi connectivity index (χ4n) is 4.74. The highest BCUT2D eigenvalue weighted by Crippen LogP contribution is 2.34. The van der Waals surface area contributed by atoms with Gasteiger partial charge in [-0.25, -0.2) is 9.99 Å². The number of hydrogen-bond acceptors (Lipinski definition) is 6. The molecule has 1 saturated heterocycles. The molecule has 1 unspecified atom stereocenters. The first-order valence-corrected chi connectivity index (χ1v) is 11.8. The van der Waals surface area contributed by atoms with E-state index >= 15 is 0 Å². The summed E-state index contributed by atoms with van der Waals surface area (Å²) in [6.07, 6.45) is 0.837. The van der Waals surface area contributed by atoms with Crippen molar-refractivity contribution >= 4 is 28.5 Å². The highest BCUT2D eigenvalue weighted by molar-refractivity contribution is 6.06. The van der Waals surface area contributed by atoms with Gasteiger partial charge in [0.2, 0.25) is 5.91 Å². The number of nitrogens with one attached hydrogen (secondary N) is 1. The summed E-state index contributed by atoms with van der Waals surface area (Å²) in [5.74, 6) is 0.767. The van der Waals surface area contributed by atoms with Crippen LogP contribution in [0.2, 0.25) is 0 Å². The molecule has 8 nitrogen and oxygen atoms in total. The van der Waals surface area contributed by atoms with E-state index in [0.29, 0.717) is 43.0 Å². The molecule has 1 fully saturated rings. The van der Waals surface area contributed by atoms with Gasteiger partial charge in [0.05, 0.1) is 30.5 Å². The molecule has 0 radical (unpaired) electrons. The Hall–Kier alpha value is -3.52. The lowest BCUT2D eigenvalue weighted by molar-refractivity contribution is -0.132. The number of pyridine rings is 2. The van der Waals surface area contributed by atoms with Crippen molar-refractivity contribution in [2.24, 2.45) is 5.10 Å². The lowest BCUT2D eigenvalue weighted by Gasteiger charge is -2.27. The van der Waals surface area contributed by atoms with Gasteiger partial charge in [0, 0.05) is 31.3 Å². The van der Waals surface area contributed by atoms with Gasteiger partial charge in [-0.15, -0.1) is 0 Å². The van der Waals surface area contributed by atoms with Crippen LogP contribution in [0.1, 0.15) is 48.1 Å². The monoisotopic (exact) mass is 459 g/mol. The van der Waals surface area contributed by atoms with Crippen LogP contribution in [0.15, 0.2) is 46.3 Å². The van der Waals surface area contributed by atoms with E-state index in [-0.39, 0.29) is 17.5 Å². The van der Waals surface area contributed by atoms with Gasteiger partial charge >= 0.3 is 0 Å². The zero-order chi connectivity index (χ0) is 23.8. The smallest absolute Gasteiger partial charge is 0.259 e. The number of ether oxygens (including phenoxy) is 1. The Morgan fingerprint density at radius 2 is 1.85 bits per heavy atom. The summed E-state index contributed by atoms with van der Waals surface area (Å²) in [7, 11) is 0. The summed E-state index contributed by atoms with van der Waals surface area (Å²) in [4.78, 5) is 35.8. The lowest BCUT2D eigenvalue weighted by Crippen LogP contribution is -2.36. The lowest BCUT2D eigenvalue weighted by atomic mass is 9.95. The van der Waals surface area contributed by atoms with Gasteiger partial charge in [-0.3, -0.25) is 9.59 Å². The fourth-order valence-corrected chi connectivity index (χ4v) is 4.74. The molecule has 1 atom stereocenters. The summed E-state index contributed by atoms with van der Waals surface area (Å²) in [6.45, 7) is 8.68. The van der Waals surface area contributed by atoms with Gasteiger partial charge in [-0.1, -0.05) is 36.8 Å². The Kier molecular flexibility index (Phi) is 5.91. The Morgan fingerprint density at radius 3 is 2.56 bits per heavy atom. The van der Waals surface area contributed by atoms with Crippen LogP contribution in [0, 0.1) is 13.8 Å². The fraction of sp³-hybridized carbons (Fsp3) is 0.385. The van der Waals surface area contributed by atoms with Crippen LogP contribution in [0.5, 0.6) is 0 Å². The van der Waals surface area contributed by atoms with Crippen LogP contribution in [0.4, 0.5) is 5.82 Å². The molecule has 34 heavy (non-hydrogen) atoms. The number of rotatable bonds is 4. The van der Waals surface area contributed by atoms with Crippen molar-refractivity contribution in [3.05, 3.63) is 69.0 Å². The van der Waals surface area contributed by atoms with E-state index in [1.54, 1.807) is 5.01 Å². The number of nitrogens with zero attached hydrogens (tertiary/aromatic N) is 4. The van der Waals surface area contributed by atoms with E-state index in [9.17, 15) is 9.59 Å². The van der Waals surface area contributed by atoms with Crippen LogP contribution in [0.25, 0.3) is 11.0 Å². The quantitative estimate of drug-likeness (QED) is 0.645. The molecule has 4 heterocycles. The first kappa shape index (κ1) is 22.3. The number of hydrogen-bond donors (Lipinski definition) is 1. The molecule has 0 bridgehead atoms. The number of aromatic amines is 1. The van der Waals surface area contributed by atoms with Crippen molar-refractivity contribution in [1.82, 2.24) is 15.0 Å². The molecule has 5 rings (SSSR count). The van der Waals surface area contributed by atoms with Gasteiger partial charge in [0.25, 0.3) is 5.56 Å². The zero-order valence-corrected chi connectivity index (χ0v) is 19.8. The molecule has 0 saturated carbocycles. The van der Waals surface area contributed by atoms with Crippen molar-refractivity contribution in [2.45, 2.75) is 39.7 Å². The van der Waals surface area contributed by atoms with Crippen LogP contribution < -0.4 is 10.5 Å². The predicted octanol–water partition coefficient (Wildman–Crippen LogP) is 3.46. The largest absolute Gasteiger partial charge is 0.378 e. The Morgan fingerprint density at radius 1 is 1.12 bits per heavy atom. The molecule has 2 aliphatic rings. The topological polar surface area (TPSA) is 90.9 Å². The average molecular weight is 460 g/mol. The van der Waals surface area contributed by atoms with Crippen molar-refractivity contribution in [3.63, 3.8) is 0 Å². The number of benzene rings is 1. The third-order valence-corrected chi connectivity index (χ3v) is 6.67. The second-order valence-electron chi connectivity index (χ2n) is 8.89. The van der Waals surface area contributed by atoms with E-state index in [1.165, 1.54) is 0 Å². The van der Waals surface area contributed by atoms with Crippen LogP contribution in [-0.2, 0) is 9.53 Å². The third kappa shape index (κ3) is 3.98. The van der Waals surface area contributed by atoms with Crippen molar-refractivity contribution in [2.75, 3.05) is 31.2 Å². The molecule has 2 aliphatic heterocycles. The van der Waals surface area contributed by atoms with Gasteiger partial charge in [-0.2, -0.15) is 5.10 Å². The summed E-state index contributed by atoms with van der Waals surface area (Å²) < 4.78 is 5.43. The van der Waals surface area contributed by atoms with E-state index in [0.717, 1.165) is 41.0 Å². The minimum atomic E-state index is -0.233. The molecule has 1 aromatic carbocycles. The molecule has 8 heteroatoms. The standard InChI is InChI=1S/C26H29N5O3/c1-4-23(32)31-21(18-7-5-16(2)6-8-18)15-20(29-31)24-17(3)19-9-10-22(27-25(19)28-26(24)33)30-11-13-34-14-12-30/h5-10,21H,4,11-15H2,1-3H3,(H,27,28,33). The Balaban J connectivity index is 1.54. The number of amides is 1. The van der Waals surface area contributed by atoms with Crippen LogP contribution >= 0.6 is 0 Å². The molecule has 2 aromatic heterocycles. The maximum atomic E-state index is 13.2. The molecule has 0 spiro atoms. The molecule has 1 amide bonds.